The minimum absolute atomic E-state index is 0.0162. The Bertz CT molecular complexity index is 1100. The van der Waals surface area contributed by atoms with Gasteiger partial charge in [0.15, 0.2) is 11.5 Å². The van der Waals surface area contributed by atoms with E-state index in [1.54, 1.807) is 0 Å². The van der Waals surface area contributed by atoms with Gasteiger partial charge in [-0.1, -0.05) is 38.5 Å². The Kier molecular flexibility index (Phi) is 4.80. The largest absolute Gasteiger partial charge is 0.504 e. The number of phenolic OH excluding ortho intramolecular Hbond substituents is 1. The van der Waals surface area contributed by atoms with Crippen LogP contribution in [0.3, 0.4) is 0 Å². The highest BCUT2D eigenvalue weighted by molar-refractivity contribution is 5.63. The van der Waals surface area contributed by atoms with Crippen molar-refractivity contribution in [2.24, 2.45) is 16.7 Å². The van der Waals surface area contributed by atoms with Gasteiger partial charge in [-0.2, -0.15) is 0 Å². The van der Waals surface area contributed by atoms with Gasteiger partial charge in [-0.3, -0.25) is 4.90 Å². The summed E-state index contributed by atoms with van der Waals surface area (Å²) in [5.41, 5.74) is 1.91. The van der Waals surface area contributed by atoms with Gasteiger partial charge in [-0.25, -0.2) is 0 Å². The Balaban J connectivity index is 1.60. The summed E-state index contributed by atoms with van der Waals surface area (Å²) < 4.78 is 13.4. The molecule has 2 spiro atoms. The predicted molar refractivity (Wildman–Crippen MR) is 137 cm³/mol. The number of methoxy groups -OCH3 is 1. The van der Waals surface area contributed by atoms with Crippen molar-refractivity contribution in [3.05, 3.63) is 34.9 Å². The van der Waals surface area contributed by atoms with Crippen LogP contribution in [0.5, 0.6) is 11.5 Å². The van der Waals surface area contributed by atoms with E-state index < -0.39 is 11.2 Å². The van der Waals surface area contributed by atoms with Gasteiger partial charge in [-0.05, 0) is 76.5 Å². The maximum absolute atomic E-state index is 12.2. The second-order valence-electron chi connectivity index (χ2n) is 13.6. The van der Waals surface area contributed by atoms with Crippen LogP contribution in [-0.2, 0) is 16.6 Å². The van der Waals surface area contributed by atoms with Crippen LogP contribution in [0.2, 0.25) is 0 Å². The number of rotatable bonds is 4. The number of likely N-dealkylation sites (tertiary alicyclic amines) is 1. The van der Waals surface area contributed by atoms with E-state index in [-0.39, 0.29) is 34.0 Å². The first-order chi connectivity index (χ1) is 16.4. The molecular weight excluding hydrogens is 438 g/mol. The molecular formula is C30H43NO4. The lowest BCUT2D eigenvalue weighted by Gasteiger charge is -2.75. The van der Waals surface area contributed by atoms with E-state index in [0.29, 0.717) is 11.8 Å². The topological polar surface area (TPSA) is 62.2 Å². The first kappa shape index (κ1) is 23.8. The van der Waals surface area contributed by atoms with Gasteiger partial charge in [0, 0.05) is 42.0 Å². The van der Waals surface area contributed by atoms with Crippen LogP contribution in [0.15, 0.2) is 23.8 Å². The third kappa shape index (κ3) is 2.60. The molecule has 0 amide bonds. The summed E-state index contributed by atoms with van der Waals surface area (Å²) in [7, 11) is 1.82. The number of piperidine rings is 1. The molecule has 7 rings (SSSR count). The summed E-state index contributed by atoms with van der Waals surface area (Å²) in [5.74, 6) is 0.876. The molecule has 1 saturated heterocycles. The zero-order chi connectivity index (χ0) is 25.2. The Labute approximate surface area is 210 Å². The van der Waals surface area contributed by atoms with Crippen LogP contribution in [0, 0.1) is 16.7 Å². The van der Waals surface area contributed by atoms with Crippen molar-refractivity contribution in [1.29, 1.82) is 0 Å². The first-order valence-electron chi connectivity index (χ1n) is 13.5. The van der Waals surface area contributed by atoms with Gasteiger partial charge >= 0.3 is 0 Å². The fraction of sp³-hybridized carbons (Fsp3) is 0.733. The number of aromatic hydroxyl groups is 1. The predicted octanol–water partition coefficient (Wildman–Crippen LogP) is 4.97. The number of phenols is 1. The zero-order valence-electron chi connectivity index (χ0n) is 22.6. The Morgan fingerprint density at radius 3 is 2.60 bits per heavy atom. The van der Waals surface area contributed by atoms with Crippen molar-refractivity contribution in [2.45, 2.75) is 102 Å². The van der Waals surface area contributed by atoms with Crippen LogP contribution in [-0.4, -0.2) is 58.7 Å². The Morgan fingerprint density at radius 1 is 1.20 bits per heavy atom. The lowest BCUT2D eigenvalue weighted by atomic mass is 9.33. The number of nitrogens with zero attached hydrogens (tertiary/aromatic N) is 1. The molecule has 1 aromatic rings. The molecule has 2 N–H and O–H groups in total. The molecule has 5 heteroatoms. The number of fused-ring (bicyclic) bond motifs is 2. The van der Waals surface area contributed by atoms with Gasteiger partial charge in [0.05, 0.1) is 5.60 Å². The number of hydrogen-bond donors (Lipinski definition) is 2. The molecule has 2 heterocycles. The third-order valence-corrected chi connectivity index (χ3v) is 11.4. The maximum atomic E-state index is 12.2. The van der Waals surface area contributed by atoms with Crippen molar-refractivity contribution in [2.75, 3.05) is 20.2 Å². The Hall–Kier alpha value is -1.56. The molecule has 2 aliphatic heterocycles. The Morgan fingerprint density at radius 2 is 1.94 bits per heavy atom. The molecule has 5 nitrogen and oxygen atoms in total. The minimum atomic E-state index is -0.933. The molecule has 0 aromatic heterocycles. The van der Waals surface area contributed by atoms with E-state index in [1.165, 1.54) is 16.7 Å². The summed E-state index contributed by atoms with van der Waals surface area (Å²) in [6.45, 7) is 14.8. The summed E-state index contributed by atoms with van der Waals surface area (Å²) in [4.78, 5) is 2.71. The van der Waals surface area contributed by atoms with Crippen LogP contribution in [0.1, 0.15) is 78.4 Å². The first-order valence-corrected chi connectivity index (χ1v) is 13.5. The lowest BCUT2D eigenvalue weighted by Crippen LogP contribution is -2.83. The molecule has 0 unspecified atom stereocenters. The van der Waals surface area contributed by atoms with Crippen molar-refractivity contribution in [1.82, 2.24) is 4.90 Å². The monoisotopic (exact) mass is 481 g/mol. The number of hydrogen-bond acceptors (Lipinski definition) is 5. The third-order valence-electron chi connectivity index (χ3n) is 11.4. The van der Waals surface area contributed by atoms with E-state index in [9.17, 15) is 10.2 Å². The molecule has 0 radical (unpaired) electrons. The summed E-state index contributed by atoms with van der Waals surface area (Å²) in [5, 5.41) is 23.2. The summed E-state index contributed by atoms with van der Waals surface area (Å²) >= 11 is 0. The van der Waals surface area contributed by atoms with Crippen LogP contribution < -0.4 is 4.74 Å². The molecule has 7 atom stereocenters. The van der Waals surface area contributed by atoms with Crippen LogP contribution >= 0.6 is 0 Å². The molecule has 35 heavy (non-hydrogen) atoms. The molecule has 192 valence electrons. The number of ether oxygens (including phenoxy) is 2. The zero-order valence-corrected chi connectivity index (χ0v) is 22.6. The average molecular weight is 482 g/mol. The lowest BCUT2D eigenvalue weighted by molar-refractivity contribution is -0.312. The minimum Gasteiger partial charge on any atom is -0.504 e. The second kappa shape index (κ2) is 7.05. The van der Waals surface area contributed by atoms with Gasteiger partial charge in [-0.15, -0.1) is 0 Å². The highest BCUT2D eigenvalue weighted by Gasteiger charge is 2.82. The van der Waals surface area contributed by atoms with Crippen LogP contribution in [0.4, 0.5) is 0 Å². The van der Waals surface area contributed by atoms with E-state index in [0.717, 1.165) is 45.2 Å². The second-order valence-corrected chi connectivity index (χ2v) is 13.6. The van der Waals surface area contributed by atoms with Crippen molar-refractivity contribution < 1.29 is 19.7 Å². The van der Waals surface area contributed by atoms with Gasteiger partial charge < -0.3 is 19.7 Å². The molecule has 4 bridgehead atoms. The molecule has 3 saturated carbocycles. The SMILES string of the molecule is CO[C@]12CC[C@@]3(C[C@@H]1[C@](C)(O)C(C)(C)C)[C@H]1Cc4ccc(O)c5c4[C@@]3(CCN1CC=C(C)C)[C@H]2O5. The van der Waals surface area contributed by atoms with E-state index in [1.807, 2.05) is 20.1 Å². The number of allylic oxidation sites excluding steroid dienone is 1. The number of benzene rings is 1. The highest BCUT2D eigenvalue weighted by atomic mass is 16.6. The average Bonchev–Trinajstić information content (AvgIpc) is 3.16. The van der Waals surface area contributed by atoms with Crippen molar-refractivity contribution >= 4 is 0 Å². The van der Waals surface area contributed by atoms with E-state index in [4.69, 9.17) is 9.47 Å². The quantitative estimate of drug-likeness (QED) is 0.595. The summed E-state index contributed by atoms with van der Waals surface area (Å²) in [6, 6.07) is 4.34. The van der Waals surface area contributed by atoms with E-state index >= 15 is 0 Å². The molecule has 4 aliphatic carbocycles. The fourth-order valence-electron chi connectivity index (χ4n) is 9.25. The summed E-state index contributed by atoms with van der Waals surface area (Å²) in [6.07, 6.45) is 7.02. The standard InChI is InChI=1S/C30H43NO4/c1-18(2)10-14-31-15-13-29-23-19-8-9-20(32)24(23)35-25(29)30(34-7)12-11-28(29,22(31)16-19)17-21(30)27(6,33)26(3,4)5/h8-10,21-22,25,32-33H,11-17H2,1-7H3/t21-,22-,25-,27+,28-,29+,30-/m1/s1. The van der Waals surface area contributed by atoms with E-state index in [2.05, 4.69) is 51.7 Å². The van der Waals surface area contributed by atoms with Gasteiger partial charge in [0.2, 0.25) is 0 Å². The van der Waals surface area contributed by atoms with Crippen molar-refractivity contribution in [3.8, 4) is 11.5 Å². The maximum Gasteiger partial charge on any atom is 0.165 e. The van der Waals surface area contributed by atoms with Crippen molar-refractivity contribution in [3.63, 3.8) is 0 Å². The normalized spacial score (nSPS) is 40.6. The number of aliphatic hydroxyl groups is 1. The van der Waals surface area contributed by atoms with Gasteiger partial charge in [0.25, 0.3) is 0 Å². The fourth-order valence-corrected chi connectivity index (χ4v) is 9.25. The van der Waals surface area contributed by atoms with Gasteiger partial charge in [0.1, 0.15) is 11.7 Å². The highest BCUT2D eigenvalue weighted by Crippen LogP contribution is 2.77. The molecule has 1 aromatic carbocycles. The molecule has 4 fully saturated rings. The van der Waals surface area contributed by atoms with Crippen LogP contribution in [0.25, 0.3) is 0 Å². The smallest absolute Gasteiger partial charge is 0.165 e. The molecule has 6 aliphatic rings.